The average molecular weight is 426 g/mol. The zero-order valence-corrected chi connectivity index (χ0v) is 16.0. The summed E-state index contributed by atoms with van der Waals surface area (Å²) < 4.78 is 58.7. The summed E-state index contributed by atoms with van der Waals surface area (Å²) in [5.41, 5.74) is -2.02. The van der Waals surface area contributed by atoms with E-state index in [1.165, 1.54) is 17.6 Å². The third-order valence-electron chi connectivity index (χ3n) is 4.32. The predicted molar refractivity (Wildman–Crippen MR) is 97.0 cm³/mol. The highest BCUT2D eigenvalue weighted by Crippen LogP contribution is 2.32. The van der Waals surface area contributed by atoms with Crippen molar-refractivity contribution < 1.29 is 32.2 Å². The summed E-state index contributed by atoms with van der Waals surface area (Å²) in [6, 6.07) is 1.84. The van der Waals surface area contributed by atoms with E-state index in [2.05, 4.69) is 15.4 Å². The van der Waals surface area contributed by atoms with E-state index in [0.717, 1.165) is 11.6 Å². The van der Waals surface area contributed by atoms with Gasteiger partial charge in [0.25, 0.3) is 5.91 Å². The minimum absolute atomic E-state index is 0.208. The first-order valence-corrected chi connectivity index (χ1v) is 8.74. The van der Waals surface area contributed by atoms with Gasteiger partial charge >= 0.3 is 6.18 Å². The number of carbonyl (C=O) groups is 1. The summed E-state index contributed by atoms with van der Waals surface area (Å²) in [4.78, 5) is 16.4. The molecule has 160 valence electrons. The highest BCUT2D eigenvalue weighted by atomic mass is 19.4. The van der Waals surface area contributed by atoms with E-state index in [0.29, 0.717) is 17.8 Å². The molecule has 2 N–H and O–H groups in total. The third-order valence-corrected chi connectivity index (χ3v) is 4.32. The van der Waals surface area contributed by atoms with Gasteiger partial charge in [-0.25, -0.2) is 13.9 Å². The number of hydrogen-bond donors (Lipinski definition) is 2. The van der Waals surface area contributed by atoms with E-state index < -0.39 is 35.7 Å². The Kier molecular flexibility index (Phi) is 5.77. The minimum Gasteiger partial charge on any atom is -0.383 e. The zero-order valence-electron chi connectivity index (χ0n) is 16.0. The van der Waals surface area contributed by atoms with Crippen LogP contribution < -0.4 is 5.32 Å². The topological polar surface area (TPSA) is 88.8 Å². The predicted octanol–water partition coefficient (Wildman–Crippen LogP) is 2.81. The molecule has 3 aromatic rings. The minimum atomic E-state index is -4.70. The molecule has 0 aliphatic carbocycles. The van der Waals surface area contributed by atoms with Crippen molar-refractivity contribution in [2.24, 2.45) is 0 Å². The summed E-state index contributed by atoms with van der Waals surface area (Å²) >= 11 is 0. The second-order valence-corrected chi connectivity index (χ2v) is 6.92. The number of amides is 1. The highest BCUT2D eigenvalue weighted by molar-refractivity contribution is 5.99. The van der Waals surface area contributed by atoms with Gasteiger partial charge in [0.1, 0.15) is 23.7 Å². The molecule has 7 nitrogen and oxygen atoms in total. The largest absolute Gasteiger partial charge is 0.416 e. The molecule has 3 rings (SSSR count). The van der Waals surface area contributed by atoms with Crippen molar-refractivity contribution in [3.63, 3.8) is 0 Å². The van der Waals surface area contributed by atoms with E-state index in [1.54, 1.807) is 12.4 Å². The Balaban J connectivity index is 1.59. The fraction of sp³-hybridized carbons (Fsp3) is 0.316. The fourth-order valence-corrected chi connectivity index (χ4v) is 2.80. The smallest absolute Gasteiger partial charge is 0.383 e. The van der Waals surface area contributed by atoms with Crippen molar-refractivity contribution >= 4 is 11.6 Å². The van der Waals surface area contributed by atoms with Crippen LogP contribution in [-0.4, -0.2) is 38.9 Å². The molecule has 0 spiro atoms. The summed E-state index contributed by atoms with van der Waals surface area (Å²) in [5.74, 6) is -1.74. The van der Waals surface area contributed by atoms with Crippen LogP contribution in [0.2, 0.25) is 0 Å². The lowest BCUT2D eigenvalue weighted by Crippen LogP contribution is -2.33. The quantitative estimate of drug-likeness (QED) is 0.360. The Morgan fingerprint density at radius 2 is 2.03 bits per heavy atom. The number of nitrogens with one attached hydrogen (secondary N) is 1. The van der Waals surface area contributed by atoms with Crippen LogP contribution in [-0.2, 0) is 16.5 Å². The number of ether oxygens (including phenoxy) is 1. The van der Waals surface area contributed by atoms with Gasteiger partial charge in [-0.2, -0.15) is 18.3 Å². The van der Waals surface area contributed by atoms with E-state index in [4.69, 9.17) is 4.74 Å². The normalized spacial score (nSPS) is 14.0. The maximum atomic E-state index is 14.1. The van der Waals surface area contributed by atoms with E-state index in [1.807, 2.05) is 6.92 Å². The van der Waals surface area contributed by atoms with Crippen molar-refractivity contribution in [2.75, 3.05) is 13.3 Å². The lowest BCUT2D eigenvalue weighted by atomic mass is 9.95. The van der Waals surface area contributed by atoms with Crippen molar-refractivity contribution in [3.05, 3.63) is 64.9 Å². The molecular weight excluding hydrogens is 408 g/mol. The molecule has 0 saturated carbocycles. The van der Waals surface area contributed by atoms with Crippen LogP contribution in [0.4, 0.5) is 17.6 Å². The summed E-state index contributed by atoms with van der Waals surface area (Å²) in [6.45, 7) is 2.22. The van der Waals surface area contributed by atoms with Crippen LogP contribution in [0.15, 0.2) is 36.8 Å². The van der Waals surface area contributed by atoms with Gasteiger partial charge in [0.2, 0.25) is 0 Å². The number of rotatable bonds is 6. The van der Waals surface area contributed by atoms with Gasteiger partial charge in [-0.15, -0.1) is 0 Å². The van der Waals surface area contributed by atoms with Gasteiger partial charge < -0.3 is 15.2 Å². The average Bonchev–Trinajstić information content (AvgIpc) is 3.07. The summed E-state index contributed by atoms with van der Waals surface area (Å²) in [5, 5.41) is 16.9. The van der Waals surface area contributed by atoms with Gasteiger partial charge in [0.15, 0.2) is 5.65 Å². The third kappa shape index (κ3) is 4.57. The first kappa shape index (κ1) is 21.7. The number of alkyl halides is 3. The molecule has 0 aliphatic heterocycles. The van der Waals surface area contributed by atoms with Gasteiger partial charge in [0.05, 0.1) is 18.4 Å². The Morgan fingerprint density at radius 3 is 2.70 bits per heavy atom. The highest BCUT2D eigenvalue weighted by Gasteiger charge is 2.34. The molecule has 2 heterocycles. The van der Waals surface area contributed by atoms with Crippen LogP contribution in [0.5, 0.6) is 0 Å². The molecule has 30 heavy (non-hydrogen) atoms. The van der Waals surface area contributed by atoms with Gasteiger partial charge in [-0.05, 0) is 31.5 Å². The Bertz CT molecular complexity index is 1080. The van der Waals surface area contributed by atoms with Crippen molar-refractivity contribution in [2.45, 2.75) is 25.6 Å². The molecule has 11 heteroatoms. The van der Waals surface area contributed by atoms with Crippen LogP contribution in [0, 0.1) is 12.7 Å². The van der Waals surface area contributed by atoms with Crippen molar-refractivity contribution in [1.29, 1.82) is 0 Å². The van der Waals surface area contributed by atoms with Crippen LogP contribution in [0.1, 0.15) is 34.0 Å². The van der Waals surface area contributed by atoms with Crippen LogP contribution in [0.3, 0.4) is 0 Å². The molecule has 0 aliphatic rings. The molecule has 1 aromatic carbocycles. The monoisotopic (exact) mass is 426 g/mol. The number of nitrogens with zero attached hydrogens (tertiary/aromatic N) is 3. The molecular formula is C19H18F4N4O3. The number of hydrogen-bond acceptors (Lipinski definition) is 5. The molecule has 0 fully saturated rings. The Morgan fingerprint density at radius 1 is 1.30 bits per heavy atom. The first-order valence-electron chi connectivity index (χ1n) is 8.74. The Hall–Kier alpha value is -3.05. The maximum Gasteiger partial charge on any atom is 0.416 e. The number of aryl methyl sites for hydroxylation is 1. The number of fused-ring (bicyclic) bond motifs is 1. The summed E-state index contributed by atoms with van der Waals surface area (Å²) in [6.07, 6.45) is -0.0754. The van der Waals surface area contributed by atoms with Gasteiger partial charge in [0, 0.05) is 18.0 Å². The molecule has 0 bridgehead atoms. The molecule has 1 amide bonds. The molecule has 1 atom stereocenters. The molecule has 0 radical (unpaired) electrons. The summed E-state index contributed by atoms with van der Waals surface area (Å²) in [7, 11) is 0. The number of halogens is 4. The first-order chi connectivity index (χ1) is 14.0. The number of benzene rings is 1. The second kappa shape index (κ2) is 8.00. The van der Waals surface area contributed by atoms with E-state index >= 15 is 0 Å². The number of aliphatic hydroxyl groups is 1. The lowest BCUT2D eigenvalue weighted by molar-refractivity contribution is -0.137. The van der Waals surface area contributed by atoms with E-state index in [9.17, 15) is 27.5 Å². The SMILES string of the molecule is Cc1cnc2c(C(=O)NCOC[C@@](C)(O)c3ccc(C(F)(F)F)cc3F)cnn2c1. The van der Waals surface area contributed by atoms with Crippen molar-refractivity contribution in [3.8, 4) is 0 Å². The standard InChI is InChI=1S/C19H18F4N4O3/c1-11-6-24-16-13(7-26-27(16)8-11)17(28)25-10-30-9-18(2,29)14-4-3-12(5-15(14)20)19(21,22)23/h3-8,29H,9-10H2,1-2H3,(H,25,28)/t18-/m1/s1. The molecule has 0 saturated heterocycles. The zero-order chi connectivity index (χ0) is 22.1. The second-order valence-electron chi connectivity index (χ2n) is 6.92. The molecule has 2 aromatic heterocycles. The molecule has 0 unspecified atom stereocenters. The van der Waals surface area contributed by atoms with Crippen LogP contribution >= 0.6 is 0 Å². The van der Waals surface area contributed by atoms with Gasteiger partial charge in [-0.3, -0.25) is 4.79 Å². The van der Waals surface area contributed by atoms with Crippen LogP contribution in [0.25, 0.3) is 5.65 Å². The maximum absolute atomic E-state index is 14.1. The number of aromatic nitrogens is 3. The fourth-order valence-electron chi connectivity index (χ4n) is 2.80. The van der Waals surface area contributed by atoms with Gasteiger partial charge in [-0.1, -0.05) is 6.07 Å². The lowest BCUT2D eigenvalue weighted by Gasteiger charge is -2.24. The Labute approximate surface area is 168 Å². The van der Waals surface area contributed by atoms with Crippen molar-refractivity contribution in [1.82, 2.24) is 19.9 Å². The number of carbonyl (C=O) groups excluding carboxylic acids is 1. The van der Waals surface area contributed by atoms with E-state index in [-0.39, 0.29) is 17.9 Å².